The molecule has 136 valence electrons. The van der Waals surface area contributed by atoms with Gasteiger partial charge < -0.3 is 9.47 Å². The van der Waals surface area contributed by atoms with Crippen LogP contribution in [-0.2, 0) is 11.3 Å². The SMILES string of the molecule is CCCCn1c(SCC(=O)N(C)CC2CCCCC2)nc(C)c1C. The molecule has 1 amide bonds. The average molecular weight is 352 g/mol. The predicted octanol–water partition coefficient (Wildman–Crippen LogP) is 4.43. The van der Waals surface area contributed by atoms with Crippen LogP contribution in [0.3, 0.4) is 0 Å². The van der Waals surface area contributed by atoms with Crippen LogP contribution in [0.1, 0.15) is 63.3 Å². The molecule has 0 aliphatic heterocycles. The van der Waals surface area contributed by atoms with Crippen molar-refractivity contribution >= 4 is 17.7 Å². The Morgan fingerprint density at radius 2 is 2.00 bits per heavy atom. The molecule has 0 radical (unpaired) electrons. The Morgan fingerprint density at radius 3 is 2.67 bits per heavy atom. The van der Waals surface area contributed by atoms with Crippen LogP contribution in [0.2, 0.25) is 0 Å². The number of carbonyl (C=O) groups excluding carboxylic acids is 1. The maximum Gasteiger partial charge on any atom is 0.232 e. The van der Waals surface area contributed by atoms with Crippen LogP contribution < -0.4 is 0 Å². The number of imidazole rings is 1. The van der Waals surface area contributed by atoms with E-state index in [2.05, 4.69) is 30.3 Å². The molecule has 0 saturated heterocycles. The van der Waals surface area contributed by atoms with E-state index in [-0.39, 0.29) is 5.91 Å². The van der Waals surface area contributed by atoms with Gasteiger partial charge in [0.15, 0.2) is 5.16 Å². The fraction of sp³-hybridized carbons (Fsp3) is 0.789. The highest BCUT2D eigenvalue weighted by Crippen LogP contribution is 2.25. The van der Waals surface area contributed by atoms with E-state index in [1.54, 1.807) is 11.8 Å². The van der Waals surface area contributed by atoms with E-state index in [0.717, 1.165) is 30.4 Å². The van der Waals surface area contributed by atoms with Crippen molar-refractivity contribution in [3.63, 3.8) is 0 Å². The quantitative estimate of drug-likeness (QED) is 0.650. The van der Waals surface area contributed by atoms with Gasteiger partial charge in [-0.15, -0.1) is 0 Å². The largest absolute Gasteiger partial charge is 0.345 e. The number of thioether (sulfide) groups is 1. The Morgan fingerprint density at radius 1 is 1.29 bits per heavy atom. The lowest BCUT2D eigenvalue weighted by atomic mass is 9.89. The molecule has 1 heterocycles. The molecule has 5 heteroatoms. The van der Waals surface area contributed by atoms with Gasteiger partial charge in [0.25, 0.3) is 0 Å². The Labute approximate surface area is 151 Å². The van der Waals surface area contributed by atoms with E-state index in [1.165, 1.54) is 44.2 Å². The first-order valence-corrected chi connectivity index (χ1v) is 10.4. The van der Waals surface area contributed by atoms with E-state index in [0.29, 0.717) is 11.7 Å². The summed E-state index contributed by atoms with van der Waals surface area (Å²) in [5.41, 5.74) is 2.31. The molecular formula is C19H33N3OS. The summed E-state index contributed by atoms with van der Waals surface area (Å²) in [6.07, 6.45) is 8.91. The standard InChI is InChI=1S/C19H33N3OS/c1-5-6-12-22-16(3)15(2)20-19(22)24-14-18(23)21(4)13-17-10-8-7-9-11-17/h17H,5-14H2,1-4H3. The highest BCUT2D eigenvalue weighted by atomic mass is 32.2. The molecule has 4 nitrogen and oxygen atoms in total. The van der Waals surface area contributed by atoms with Crippen LogP contribution >= 0.6 is 11.8 Å². The summed E-state index contributed by atoms with van der Waals surface area (Å²) in [4.78, 5) is 19.1. The lowest BCUT2D eigenvalue weighted by molar-refractivity contribution is -0.127. The summed E-state index contributed by atoms with van der Waals surface area (Å²) in [5.74, 6) is 1.42. The Kier molecular flexibility index (Phi) is 7.66. The zero-order valence-corrected chi connectivity index (χ0v) is 16.6. The van der Waals surface area contributed by atoms with Gasteiger partial charge in [-0.05, 0) is 39.0 Å². The molecule has 1 aromatic heterocycles. The van der Waals surface area contributed by atoms with Gasteiger partial charge in [0.05, 0.1) is 11.4 Å². The number of unbranched alkanes of at least 4 members (excludes halogenated alkanes) is 1. The Hall–Kier alpha value is -0.970. The minimum absolute atomic E-state index is 0.228. The lowest BCUT2D eigenvalue weighted by Gasteiger charge is -2.27. The second-order valence-corrected chi connectivity index (χ2v) is 8.08. The number of hydrogen-bond donors (Lipinski definition) is 0. The van der Waals surface area contributed by atoms with Crippen LogP contribution in [0.4, 0.5) is 0 Å². The van der Waals surface area contributed by atoms with Gasteiger partial charge in [-0.2, -0.15) is 0 Å². The van der Waals surface area contributed by atoms with E-state index in [9.17, 15) is 4.79 Å². The van der Waals surface area contributed by atoms with Gasteiger partial charge in [-0.1, -0.05) is 44.4 Å². The van der Waals surface area contributed by atoms with E-state index in [4.69, 9.17) is 0 Å². The van der Waals surface area contributed by atoms with E-state index in [1.807, 2.05) is 11.9 Å². The maximum atomic E-state index is 12.5. The van der Waals surface area contributed by atoms with Gasteiger partial charge in [-0.3, -0.25) is 4.79 Å². The highest BCUT2D eigenvalue weighted by Gasteiger charge is 2.19. The highest BCUT2D eigenvalue weighted by molar-refractivity contribution is 7.99. The lowest BCUT2D eigenvalue weighted by Crippen LogP contribution is -2.33. The minimum Gasteiger partial charge on any atom is -0.345 e. The number of aryl methyl sites for hydroxylation is 1. The van der Waals surface area contributed by atoms with Crippen LogP contribution in [0, 0.1) is 19.8 Å². The van der Waals surface area contributed by atoms with Crippen molar-refractivity contribution in [3.8, 4) is 0 Å². The number of carbonyl (C=O) groups is 1. The normalized spacial score (nSPS) is 15.7. The minimum atomic E-state index is 0.228. The number of nitrogens with zero attached hydrogens (tertiary/aromatic N) is 3. The molecule has 0 N–H and O–H groups in total. The summed E-state index contributed by atoms with van der Waals surface area (Å²) < 4.78 is 2.28. The van der Waals surface area contributed by atoms with Crippen LogP contribution in [0.15, 0.2) is 5.16 Å². The third-order valence-electron chi connectivity index (χ3n) is 5.17. The summed E-state index contributed by atoms with van der Waals surface area (Å²) in [7, 11) is 1.96. The maximum absolute atomic E-state index is 12.5. The molecule has 1 fully saturated rings. The third-order valence-corrected chi connectivity index (χ3v) is 6.13. The molecule has 0 aromatic carbocycles. The Bertz CT molecular complexity index is 535. The number of rotatable bonds is 8. The first-order chi connectivity index (χ1) is 11.5. The van der Waals surface area contributed by atoms with Crippen molar-refractivity contribution in [2.75, 3.05) is 19.3 Å². The topological polar surface area (TPSA) is 38.1 Å². The molecular weight excluding hydrogens is 318 g/mol. The summed E-state index contributed by atoms with van der Waals surface area (Å²) in [5, 5.41) is 0.998. The van der Waals surface area contributed by atoms with Gasteiger partial charge in [0.1, 0.15) is 0 Å². The van der Waals surface area contributed by atoms with Crippen molar-refractivity contribution in [1.29, 1.82) is 0 Å². The average Bonchev–Trinajstić information content (AvgIpc) is 2.85. The first kappa shape index (κ1) is 19.4. The second-order valence-electron chi connectivity index (χ2n) is 7.14. The predicted molar refractivity (Wildman–Crippen MR) is 102 cm³/mol. The zero-order chi connectivity index (χ0) is 17.5. The monoisotopic (exact) mass is 351 g/mol. The third kappa shape index (κ3) is 5.27. The molecule has 1 aliphatic carbocycles. The molecule has 0 bridgehead atoms. The van der Waals surface area contributed by atoms with E-state index < -0.39 is 0 Å². The van der Waals surface area contributed by atoms with Gasteiger partial charge in [0, 0.05) is 25.8 Å². The smallest absolute Gasteiger partial charge is 0.232 e. The summed E-state index contributed by atoms with van der Waals surface area (Å²) in [6, 6.07) is 0. The molecule has 1 saturated carbocycles. The Balaban J connectivity index is 1.87. The number of aromatic nitrogens is 2. The van der Waals surface area contributed by atoms with Crippen LogP contribution in [-0.4, -0.2) is 39.7 Å². The first-order valence-electron chi connectivity index (χ1n) is 9.43. The van der Waals surface area contributed by atoms with E-state index >= 15 is 0 Å². The summed E-state index contributed by atoms with van der Waals surface area (Å²) >= 11 is 1.59. The molecule has 2 rings (SSSR count). The van der Waals surface area contributed by atoms with Crippen LogP contribution in [0.5, 0.6) is 0 Å². The van der Waals surface area contributed by atoms with Crippen LogP contribution in [0.25, 0.3) is 0 Å². The van der Waals surface area contributed by atoms with Crippen molar-refractivity contribution in [1.82, 2.24) is 14.5 Å². The molecule has 0 atom stereocenters. The number of hydrogen-bond acceptors (Lipinski definition) is 3. The van der Waals surface area contributed by atoms with Crippen molar-refractivity contribution < 1.29 is 4.79 Å². The van der Waals surface area contributed by atoms with Crippen molar-refractivity contribution in [2.45, 2.75) is 77.4 Å². The molecule has 0 spiro atoms. The molecule has 1 aliphatic rings. The molecule has 24 heavy (non-hydrogen) atoms. The van der Waals surface area contributed by atoms with Gasteiger partial charge >= 0.3 is 0 Å². The second kappa shape index (κ2) is 9.50. The van der Waals surface area contributed by atoms with Crippen molar-refractivity contribution in [2.24, 2.45) is 5.92 Å². The molecule has 1 aromatic rings. The fourth-order valence-corrected chi connectivity index (χ4v) is 4.47. The van der Waals surface area contributed by atoms with Gasteiger partial charge in [-0.25, -0.2) is 4.98 Å². The van der Waals surface area contributed by atoms with Crippen molar-refractivity contribution in [3.05, 3.63) is 11.4 Å². The number of amides is 1. The summed E-state index contributed by atoms with van der Waals surface area (Å²) in [6.45, 7) is 8.30. The zero-order valence-electron chi connectivity index (χ0n) is 15.8. The van der Waals surface area contributed by atoms with Gasteiger partial charge in [0.2, 0.25) is 5.91 Å². The molecule has 0 unspecified atom stereocenters. The fourth-order valence-electron chi connectivity index (χ4n) is 3.41.